The van der Waals surface area contributed by atoms with E-state index in [1.807, 2.05) is 38.1 Å². The van der Waals surface area contributed by atoms with E-state index in [2.05, 4.69) is 21.2 Å². The number of halogens is 1. The molecule has 1 fully saturated rings. The second-order valence-corrected chi connectivity index (χ2v) is 6.44. The Morgan fingerprint density at radius 2 is 2.25 bits per heavy atom. The van der Waals surface area contributed by atoms with Gasteiger partial charge in [-0.1, -0.05) is 35.8 Å². The number of nitrogens with zero attached hydrogens (tertiary/aromatic N) is 1. The second kappa shape index (κ2) is 6.39. The summed E-state index contributed by atoms with van der Waals surface area (Å²) in [6.45, 7) is 5.21. The summed E-state index contributed by atoms with van der Waals surface area (Å²) >= 11 is 3.40. The van der Waals surface area contributed by atoms with Gasteiger partial charge >= 0.3 is 0 Å². The zero-order chi connectivity index (χ0) is 14.7. The third-order valence-corrected chi connectivity index (χ3v) is 3.79. The third kappa shape index (κ3) is 3.60. The lowest BCUT2D eigenvalue weighted by Gasteiger charge is -2.17. The number of rotatable bonds is 4. The molecule has 1 unspecified atom stereocenters. The molecule has 1 heterocycles. The Balaban J connectivity index is 2.02. The molecule has 5 heteroatoms. The summed E-state index contributed by atoms with van der Waals surface area (Å²) in [6.07, 6.45) is 0.288. The summed E-state index contributed by atoms with van der Waals surface area (Å²) in [5, 5.41) is 2.90. The molecule has 20 heavy (non-hydrogen) atoms. The quantitative estimate of drug-likeness (QED) is 0.917. The molecule has 0 radical (unpaired) electrons. The van der Waals surface area contributed by atoms with Crippen LogP contribution in [0.15, 0.2) is 28.7 Å². The van der Waals surface area contributed by atoms with Gasteiger partial charge in [-0.2, -0.15) is 0 Å². The Morgan fingerprint density at radius 3 is 2.90 bits per heavy atom. The van der Waals surface area contributed by atoms with Crippen LogP contribution in [-0.2, 0) is 9.59 Å². The first-order valence-electron chi connectivity index (χ1n) is 6.81. The van der Waals surface area contributed by atoms with Gasteiger partial charge in [0.1, 0.15) is 0 Å². The van der Waals surface area contributed by atoms with Crippen molar-refractivity contribution in [3.05, 3.63) is 28.7 Å². The normalized spacial score (nSPS) is 18.7. The molecule has 4 nitrogen and oxygen atoms in total. The maximum atomic E-state index is 12.1. The van der Waals surface area contributed by atoms with Crippen LogP contribution in [-0.4, -0.2) is 24.9 Å². The molecule has 1 N–H and O–H groups in total. The molecule has 0 bridgehead atoms. The fourth-order valence-corrected chi connectivity index (χ4v) is 2.61. The summed E-state index contributed by atoms with van der Waals surface area (Å²) in [5.41, 5.74) is 0.837. The Morgan fingerprint density at radius 1 is 1.50 bits per heavy atom. The Hall–Kier alpha value is -1.36. The second-order valence-electron chi connectivity index (χ2n) is 5.52. The molecule has 1 aliphatic heterocycles. The molecule has 2 rings (SSSR count). The van der Waals surface area contributed by atoms with Crippen LogP contribution in [0.4, 0.5) is 5.69 Å². The molecule has 0 spiro atoms. The largest absolute Gasteiger partial charge is 0.356 e. The molecule has 0 aliphatic carbocycles. The maximum Gasteiger partial charge on any atom is 0.227 e. The molecule has 0 saturated carbocycles. The van der Waals surface area contributed by atoms with Crippen LogP contribution in [0.25, 0.3) is 0 Å². The van der Waals surface area contributed by atoms with Crippen molar-refractivity contribution in [2.45, 2.75) is 20.3 Å². The molecule has 1 aromatic rings. The number of hydrogen-bond acceptors (Lipinski definition) is 2. The van der Waals surface area contributed by atoms with Crippen molar-refractivity contribution in [2.75, 3.05) is 18.0 Å². The minimum absolute atomic E-state index is 0.00722. The van der Waals surface area contributed by atoms with Crippen molar-refractivity contribution in [3.63, 3.8) is 0 Å². The fraction of sp³-hybridized carbons (Fsp3) is 0.467. The molecular formula is C15H19BrN2O2. The van der Waals surface area contributed by atoms with E-state index < -0.39 is 0 Å². The van der Waals surface area contributed by atoms with Gasteiger partial charge in [-0.05, 0) is 24.1 Å². The van der Waals surface area contributed by atoms with Crippen molar-refractivity contribution >= 4 is 33.4 Å². The zero-order valence-corrected chi connectivity index (χ0v) is 13.3. The highest BCUT2D eigenvalue weighted by molar-refractivity contribution is 9.10. The number of carbonyl (C=O) groups is 2. The van der Waals surface area contributed by atoms with Crippen LogP contribution in [0.5, 0.6) is 0 Å². The number of nitrogens with one attached hydrogen (secondary N) is 1. The van der Waals surface area contributed by atoms with E-state index >= 15 is 0 Å². The van der Waals surface area contributed by atoms with Gasteiger partial charge in [0, 0.05) is 29.7 Å². The summed E-state index contributed by atoms with van der Waals surface area (Å²) < 4.78 is 0.926. The van der Waals surface area contributed by atoms with Crippen LogP contribution in [0.2, 0.25) is 0 Å². The highest BCUT2D eigenvalue weighted by Crippen LogP contribution is 2.27. The van der Waals surface area contributed by atoms with E-state index in [-0.39, 0.29) is 24.2 Å². The van der Waals surface area contributed by atoms with E-state index in [1.54, 1.807) is 4.90 Å². The molecule has 1 aromatic carbocycles. The predicted octanol–water partition coefficient (Wildman–Crippen LogP) is 2.57. The molecular weight excluding hydrogens is 320 g/mol. The van der Waals surface area contributed by atoms with Crippen LogP contribution in [0.1, 0.15) is 20.3 Å². The van der Waals surface area contributed by atoms with Crippen LogP contribution in [0, 0.1) is 11.8 Å². The van der Waals surface area contributed by atoms with Gasteiger partial charge in [0.2, 0.25) is 11.8 Å². The summed E-state index contributed by atoms with van der Waals surface area (Å²) in [6, 6.07) is 7.58. The molecule has 0 aromatic heterocycles. The lowest BCUT2D eigenvalue weighted by Crippen LogP contribution is -2.35. The van der Waals surface area contributed by atoms with E-state index in [0.717, 1.165) is 10.2 Å². The van der Waals surface area contributed by atoms with E-state index in [9.17, 15) is 9.59 Å². The average Bonchev–Trinajstić information content (AvgIpc) is 2.78. The Kier molecular flexibility index (Phi) is 4.81. The topological polar surface area (TPSA) is 49.4 Å². The van der Waals surface area contributed by atoms with Gasteiger partial charge in [0.25, 0.3) is 0 Å². The van der Waals surface area contributed by atoms with Gasteiger partial charge in [-0.25, -0.2) is 0 Å². The maximum absolute atomic E-state index is 12.1. The van der Waals surface area contributed by atoms with Crippen molar-refractivity contribution < 1.29 is 9.59 Å². The Bertz CT molecular complexity index is 516. The number of amides is 2. The van der Waals surface area contributed by atoms with Gasteiger partial charge in [0.15, 0.2) is 0 Å². The monoisotopic (exact) mass is 338 g/mol. The molecule has 108 valence electrons. The lowest BCUT2D eigenvalue weighted by molar-refractivity contribution is -0.126. The standard InChI is InChI=1S/C15H19BrN2O2/c1-10(2)8-17-15(20)11-6-14(19)18(9-11)13-5-3-4-12(16)7-13/h3-5,7,10-11H,6,8-9H2,1-2H3,(H,17,20). The summed E-state index contributed by atoms with van der Waals surface area (Å²) in [7, 11) is 0. The number of carbonyl (C=O) groups excluding carboxylic acids is 2. The lowest BCUT2D eigenvalue weighted by atomic mass is 10.1. The van der Waals surface area contributed by atoms with E-state index in [1.165, 1.54) is 0 Å². The van der Waals surface area contributed by atoms with Crippen molar-refractivity contribution in [1.82, 2.24) is 5.32 Å². The predicted molar refractivity (Wildman–Crippen MR) is 82.4 cm³/mol. The number of benzene rings is 1. The van der Waals surface area contributed by atoms with Crippen LogP contribution >= 0.6 is 15.9 Å². The highest BCUT2D eigenvalue weighted by Gasteiger charge is 2.35. The van der Waals surface area contributed by atoms with E-state index in [4.69, 9.17) is 0 Å². The molecule has 1 aliphatic rings. The van der Waals surface area contributed by atoms with E-state index in [0.29, 0.717) is 19.0 Å². The number of anilines is 1. The SMILES string of the molecule is CC(C)CNC(=O)C1CC(=O)N(c2cccc(Br)c2)C1. The minimum atomic E-state index is -0.250. The van der Waals surface area contributed by atoms with Crippen LogP contribution < -0.4 is 10.2 Å². The number of hydrogen-bond donors (Lipinski definition) is 1. The van der Waals surface area contributed by atoms with Crippen molar-refractivity contribution in [3.8, 4) is 0 Å². The molecule has 1 saturated heterocycles. The zero-order valence-electron chi connectivity index (χ0n) is 11.7. The first kappa shape index (κ1) is 15.0. The van der Waals surface area contributed by atoms with Gasteiger partial charge in [0.05, 0.1) is 5.92 Å². The van der Waals surface area contributed by atoms with Crippen molar-refractivity contribution in [2.24, 2.45) is 11.8 Å². The molecule has 2 amide bonds. The van der Waals surface area contributed by atoms with Crippen LogP contribution in [0.3, 0.4) is 0 Å². The van der Waals surface area contributed by atoms with Crippen molar-refractivity contribution in [1.29, 1.82) is 0 Å². The Labute approximate surface area is 127 Å². The third-order valence-electron chi connectivity index (χ3n) is 3.30. The summed E-state index contributed by atoms with van der Waals surface area (Å²) in [5.74, 6) is 0.148. The summed E-state index contributed by atoms with van der Waals surface area (Å²) in [4.78, 5) is 25.8. The minimum Gasteiger partial charge on any atom is -0.356 e. The highest BCUT2D eigenvalue weighted by atomic mass is 79.9. The van der Waals surface area contributed by atoms with Gasteiger partial charge in [-0.15, -0.1) is 0 Å². The first-order valence-corrected chi connectivity index (χ1v) is 7.60. The molecule has 1 atom stereocenters. The average molecular weight is 339 g/mol. The fourth-order valence-electron chi connectivity index (χ4n) is 2.23. The smallest absolute Gasteiger partial charge is 0.227 e. The van der Waals surface area contributed by atoms with Gasteiger partial charge in [-0.3, -0.25) is 9.59 Å². The first-order chi connectivity index (χ1) is 9.47. The van der Waals surface area contributed by atoms with Gasteiger partial charge < -0.3 is 10.2 Å².